The highest BCUT2D eigenvalue weighted by Gasteiger charge is 2.09. The van der Waals surface area contributed by atoms with Crippen LogP contribution in [-0.2, 0) is 4.74 Å². The van der Waals surface area contributed by atoms with E-state index in [1.807, 2.05) is 5.38 Å². The molecular formula is C15H14N2O3S2. The Kier molecular flexibility index (Phi) is 5.62. The number of thiophene rings is 1. The predicted octanol–water partition coefficient (Wildman–Crippen LogP) is 3.05. The van der Waals surface area contributed by atoms with Gasteiger partial charge in [-0.1, -0.05) is 6.07 Å². The fourth-order valence-electron chi connectivity index (χ4n) is 1.64. The molecule has 1 aromatic carbocycles. The largest absolute Gasteiger partial charge is 0.462 e. The Hall–Kier alpha value is -2.25. The molecule has 0 spiro atoms. The minimum atomic E-state index is -0.373. The van der Waals surface area contributed by atoms with Gasteiger partial charge in [0.25, 0.3) is 5.91 Å². The summed E-state index contributed by atoms with van der Waals surface area (Å²) in [6.07, 6.45) is 0. The van der Waals surface area contributed by atoms with Gasteiger partial charge in [0.05, 0.1) is 17.0 Å². The first-order chi connectivity index (χ1) is 10.6. The lowest BCUT2D eigenvalue weighted by Crippen LogP contribution is -2.33. The van der Waals surface area contributed by atoms with Gasteiger partial charge >= 0.3 is 5.97 Å². The number of carbonyl (C=O) groups is 2. The van der Waals surface area contributed by atoms with Crippen molar-refractivity contribution in [2.45, 2.75) is 6.92 Å². The third kappa shape index (κ3) is 4.37. The number of hydrogen-bond donors (Lipinski definition) is 2. The smallest absolute Gasteiger partial charge is 0.338 e. The first kappa shape index (κ1) is 16.1. The second-order valence-electron chi connectivity index (χ2n) is 4.18. The molecule has 0 unspecified atom stereocenters. The van der Waals surface area contributed by atoms with Gasteiger partial charge < -0.3 is 10.1 Å². The van der Waals surface area contributed by atoms with E-state index < -0.39 is 0 Å². The van der Waals surface area contributed by atoms with Crippen LogP contribution in [0.15, 0.2) is 41.8 Å². The molecule has 1 aromatic heterocycles. The van der Waals surface area contributed by atoms with E-state index in [1.165, 1.54) is 11.3 Å². The minimum absolute atomic E-state index is 0.197. The van der Waals surface area contributed by atoms with Gasteiger partial charge in [-0.05, 0) is 54.9 Å². The second kappa shape index (κ2) is 7.67. The van der Waals surface area contributed by atoms with Crippen molar-refractivity contribution in [3.8, 4) is 0 Å². The van der Waals surface area contributed by atoms with E-state index >= 15 is 0 Å². The fourth-order valence-corrected chi connectivity index (χ4v) is 2.47. The zero-order chi connectivity index (χ0) is 15.9. The molecule has 0 aliphatic rings. The number of anilines is 1. The summed E-state index contributed by atoms with van der Waals surface area (Å²) >= 11 is 6.42. The van der Waals surface area contributed by atoms with E-state index in [2.05, 4.69) is 10.6 Å². The van der Waals surface area contributed by atoms with E-state index in [-0.39, 0.29) is 17.0 Å². The van der Waals surface area contributed by atoms with E-state index in [9.17, 15) is 9.59 Å². The Balaban J connectivity index is 1.91. The van der Waals surface area contributed by atoms with Crippen LogP contribution in [-0.4, -0.2) is 23.6 Å². The molecule has 2 rings (SSSR count). The molecule has 0 saturated heterocycles. The molecule has 0 bridgehead atoms. The fraction of sp³-hybridized carbons (Fsp3) is 0.133. The molecule has 0 saturated carbocycles. The maximum Gasteiger partial charge on any atom is 0.338 e. The molecule has 22 heavy (non-hydrogen) atoms. The van der Waals surface area contributed by atoms with Crippen molar-refractivity contribution >= 4 is 46.2 Å². The number of carbonyl (C=O) groups excluding carboxylic acids is 2. The second-order valence-corrected chi connectivity index (χ2v) is 5.54. The van der Waals surface area contributed by atoms with Crippen LogP contribution in [0, 0.1) is 0 Å². The molecule has 0 radical (unpaired) electrons. The van der Waals surface area contributed by atoms with Gasteiger partial charge in [-0.25, -0.2) is 4.79 Å². The first-order valence-electron chi connectivity index (χ1n) is 6.53. The number of nitrogens with one attached hydrogen (secondary N) is 2. The number of benzene rings is 1. The van der Waals surface area contributed by atoms with E-state index in [4.69, 9.17) is 17.0 Å². The molecule has 1 heterocycles. The van der Waals surface area contributed by atoms with Crippen LogP contribution in [0.25, 0.3) is 0 Å². The lowest BCUT2D eigenvalue weighted by Gasteiger charge is -2.09. The van der Waals surface area contributed by atoms with Gasteiger partial charge in [-0.2, -0.15) is 0 Å². The Labute approximate surface area is 137 Å². The summed E-state index contributed by atoms with van der Waals surface area (Å²) in [6.45, 7) is 2.08. The van der Waals surface area contributed by atoms with E-state index in [1.54, 1.807) is 43.3 Å². The zero-order valence-electron chi connectivity index (χ0n) is 11.8. The summed E-state index contributed by atoms with van der Waals surface area (Å²) in [5.74, 6) is -0.627. The van der Waals surface area contributed by atoms with E-state index in [0.717, 1.165) is 0 Å². The SMILES string of the molecule is CCOC(=O)c1ccc(NC(=S)NC(=O)c2cccs2)cc1. The van der Waals surface area contributed by atoms with Gasteiger partial charge in [0.2, 0.25) is 0 Å². The Morgan fingerprint density at radius 2 is 1.95 bits per heavy atom. The van der Waals surface area contributed by atoms with Crippen LogP contribution in [0.4, 0.5) is 5.69 Å². The molecule has 0 atom stereocenters. The predicted molar refractivity (Wildman–Crippen MR) is 90.4 cm³/mol. The number of thiocarbonyl (C=S) groups is 1. The standard InChI is InChI=1S/C15H14N2O3S2/c1-2-20-14(19)10-5-7-11(8-6-10)16-15(21)17-13(18)12-4-3-9-22-12/h3-9H,2H2,1H3,(H2,16,17,18,21). The summed E-state index contributed by atoms with van der Waals surface area (Å²) in [6, 6.07) is 10.2. The topological polar surface area (TPSA) is 67.4 Å². The third-order valence-corrected chi connectivity index (χ3v) is 3.70. The van der Waals surface area contributed by atoms with E-state index in [0.29, 0.717) is 22.7 Å². The molecule has 7 heteroatoms. The highest BCUT2D eigenvalue weighted by molar-refractivity contribution is 7.80. The Morgan fingerprint density at radius 3 is 2.55 bits per heavy atom. The normalized spacial score (nSPS) is 9.86. The van der Waals surface area contributed by atoms with Crippen molar-refractivity contribution < 1.29 is 14.3 Å². The summed E-state index contributed by atoms with van der Waals surface area (Å²) < 4.78 is 4.90. The molecule has 0 aliphatic heterocycles. The molecular weight excluding hydrogens is 320 g/mol. The van der Waals surface area contributed by atoms with Crippen LogP contribution in [0.2, 0.25) is 0 Å². The van der Waals surface area contributed by atoms with Crippen LogP contribution in [0.5, 0.6) is 0 Å². The molecule has 1 amide bonds. The number of ether oxygens (including phenoxy) is 1. The number of rotatable bonds is 4. The van der Waals surface area contributed by atoms with Crippen LogP contribution in [0.1, 0.15) is 27.0 Å². The maximum absolute atomic E-state index is 11.8. The monoisotopic (exact) mass is 334 g/mol. The van der Waals surface area contributed by atoms with Crippen LogP contribution >= 0.6 is 23.6 Å². The lowest BCUT2D eigenvalue weighted by atomic mass is 10.2. The van der Waals surface area contributed by atoms with Crippen LogP contribution < -0.4 is 10.6 Å². The van der Waals surface area contributed by atoms with Crippen molar-refractivity contribution in [3.63, 3.8) is 0 Å². The Morgan fingerprint density at radius 1 is 1.23 bits per heavy atom. The average Bonchev–Trinajstić information content (AvgIpc) is 3.02. The van der Waals surface area contributed by atoms with Gasteiger partial charge in [-0.3, -0.25) is 10.1 Å². The van der Waals surface area contributed by atoms with Crippen molar-refractivity contribution in [2.24, 2.45) is 0 Å². The highest BCUT2D eigenvalue weighted by Crippen LogP contribution is 2.11. The molecule has 0 fully saturated rings. The van der Waals surface area contributed by atoms with Gasteiger partial charge in [-0.15, -0.1) is 11.3 Å². The minimum Gasteiger partial charge on any atom is -0.462 e. The summed E-state index contributed by atoms with van der Waals surface area (Å²) in [5.41, 5.74) is 1.13. The molecule has 2 aromatic rings. The van der Waals surface area contributed by atoms with Crippen molar-refractivity contribution in [1.82, 2.24) is 5.32 Å². The van der Waals surface area contributed by atoms with Crippen LogP contribution in [0.3, 0.4) is 0 Å². The molecule has 5 nitrogen and oxygen atoms in total. The molecule has 114 valence electrons. The average molecular weight is 334 g/mol. The first-order valence-corrected chi connectivity index (χ1v) is 7.82. The maximum atomic E-state index is 11.8. The Bertz CT molecular complexity index is 667. The quantitative estimate of drug-likeness (QED) is 0.664. The molecule has 0 aliphatic carbocycles. The van der Waals surface area contributed by atoms with Crippen molar-refractivity contribution in [3.05, 3.63) is 52.2 Å². The molecule has 2 N–H and O–H groups in total. The van der Waals surface area contributed by atoms with Crippen molar-refractivity contribution in [1.29, 1.82) is 0 Å². The number of amides is 1. The summed E-state index contributed by atoms with van der Waals surface area (Å²) in [5, 5.41) is 7.49. The third-order valence-electron chi connectivity index (χ3n) is 2.63. The lowest BCUT2D eigenvalue weighted by molar-refractivity contribution is 0.0526. The van der Waals surface area contributed by atoms with Gasteiger partial charge in [0.15, 0.2) is 5.11 Å². The highest BCUT2D eigenvalue weighted by atomic mass is 32.1. The van der Waals surface area contributed by atoms with Gasteiger partial charge in [0.1, 0.15) is 0 Å². The van der Waals surface area contributed by atoms with Gasteiger partial charge in [0, 0.05) is 5.69 Å². The summed E-state index contributed by atoms with van der Waals surface area (Å²) in [4.78, 5) is 23.9. The number of hydrogen-bond acceptors (Lipinski definition) is 5. The summed E-state index contributed by atoms with van der Waals surface area (Å²) in [7, 11) is 0. The number of esters is 1. The zero-order valence-corrected chi connectivity index (χ0v) is 13.4. The van der Waals surface area contributed by atoms with Crippen molar-refractivity contribution in [2.75, 3.05) is 11.9 Å².